The molecule has 5 nitrogen and oxygen atoms in total. The first-order valence-corrected chi connectivity index (χ1v) is 6.42. The molecule has 1 fully saturated rings. The number of amides is 1. The molecule has 18 heavy (non-hydrogen) atoms. The molecule has 0 radical (unpaired) electrons. The number of nitrogens with two attached hydrogens (primary N) is 1. The number of carbonyl (C=O) groups is 1. The SMILES string of the molecule is Cc1nc(C)c(C(=O)N2CCC(C(N)=S)CC2)o1. The number of hydrogen-bond donors (Lipinski definition) is 1. The maximum Gasteiger partial charge on any atom is 0.291 e. The van der Waals surface area contributed by atoms with Crippen molar-refractivity contribution in [1.29, 1.82) is 0 Å². The third-order valence-corrected chi connectivity index (χ3v) is 3.62. The molecule has 0 aromatic carbocycles. The number of likely N-dealkylation sites (tertiary alicyclic amines) is 1. The second kappa shape index (κ2) is 5.06. The van der Waals surface area contributed by atoms with E-state index in [2.05, 4.69) is 4.98 Å². The summed E-state index contributed by atoms with van der Waals surface area (Å²) in [6.07, 6.45) is 1.65. The Bertz CT molecular complexity index is 476. The number of piperidine rings is 1. The van der Waals surface area contributed by atoms with Crippen LogP contribution in [-0.4, -0.2) is 33.9 Å². The van der Waals surface area contributed by atoms with Crippen LogP contribution >= 0.6 is 12.2 Å². The van der Waals surface area contributed by atoms with Crippen molar-refractivity contribution >= 4 is 23.1 Å². The van der Waals surface area contributed by atoms with Gasteiger partial charge >= 0.3 is 0 Å². The van der Waals surface area contributed by atoms with Crippen LogP contribution < -0.4 is 5.73 Å². The van der Waals surface area contributed by atoms with Gasteiger partial charge in [-0.15, -0.1) is 0 Å². The summed E-state index contributed by atoms with van der Waals surface area (Å²) in [6, 6.07) is 0. The average Bonchev–Trinajstić information content (AvgIpc) is 2.67. The maximum atomic E-state index is 12.2. The second-order valence-electron chi connectivity index (χ2n) is 4.62. The van der Waals surface area contributed by atoms with Crippen molar-refractivity contribution in [3.8, 4) is 0 Å². The van der Waals surface area contributed by atoms with Crippen LogP contribution in [0.15, 0.2) is 4.42 Å². The van der Waals surface area contributed by atoms with Crippen molar-refractivity contribution in [2.45, 2.75) is 26.7 Å². The van der Waals surface area contributed by atoms with Crippen molar-refractivity contribution in [2.24, 2.45) is 11.7 Å². The summed E-state index contributed by atoms with van der Waals surface area (Å²) >= 11 is 4.98. The number of hydrogen-bond acceptors (Lipinski definition) is 4. The Morgan fingerprint density at radius 3 is 2.50 bits per heavy atom. The first kappa shape index (κ1) is 13.0. The fourth-order valence-electron chi connectivity index (χ4n) is 2.24. The molecule has 0 spiro atoms. The number of aryl methyl sites for hydroxylation is 2. The van der Waals surface area contributed by atoms with E-state index in [4.69, 9.17) is 22.4 Å². The molecular formula is C12H17N3O2S. The van der Waals surface area contributed by atoms with E-state index in [-0.39, 0.29) is 11.8 Å². The van der Waals surface area contributed by atoms with E-state index in [1.165, 1.54) is 0 Å². The molecule has 1 aromatic rings. The molecule has 1 aromatic heterocycles. The molecule has 0 saturated carbocycles. The molecule has 0 aliphatic carbocycles. The highest BCUT2D eigenvalue weighted by atomic mass is 32.1. The summed E-state index contributed by atoms with van der Waals surface area (Å²) < 4.78 is 5.35. The van der Waals surface area contributed by atoms with Crippen molar-refractivity contribution in [1.82, 2.24) is 9.88 Å². The molecule has 2 rings (SSSR count). The predicted octanol–water partition coefficient (Wildman–Crippen LogP) is 1.43. The smallest absolute Gasteiger partial charge is 0.291 e. The van der Waals surface area contributed by atoms with Gasteiger partial charge in [-0.3, -0.25) is 4.79 Å². The molecule has 1 aliphatic heterocycles. The van der Waals surface area contributed by atoms with Crippen LogP contribution in [-0.2, 0) is 0 Å². The van der Waals surface area contributed by atoms with Crippen LogP contribution in [0.4, 0.5) is 0 Å². The van der Waals surface area contributed by atoms with E-state index >= 15 is 0 Å². The summed E-state index contributed by atoms with van der Waals surface area (Å²) in [5.41, 5.74) is 6.27. The van der Waals surface area contributed by atoms with Gasteiger partial charge in [-0.05, 0) is 19.8 Å². The van der Waals surface area contributed by atoms with E-state index in [0.717, 1.165) is 12.8 Å². The molecule has 0 unspecified atom stereocenters. The van der Waals surface area contributed by atoms with Crippen molar-refractivity contribution in [2.75, 3.05) is 13.1 Å². The van der Waals surface area contributed by atoms with Crippen LogP contribution in [0.2, 0.25) is 0 Å². The van der Waals surface area contributed by atoms with E-state index in [1.807, 2.05) is 0 Å². The van der Waals surface area contributed by atoms with E-state index in [1.54, 1.807) is 18.7 Å². The van der Waals surface area contributed by atoms with Crippen LogP contribution in [0.25, 0.3) is 0 Å². The van der Waals surface area contributed by atoms with Gasteiger partial charge in [0.1, 0.15) is 0 Å². The molecule has 0 atom stereocenters. The number of aromatic nitrogens is 1. The van der Waals surface area contributed by atoms with Crippen molar-refractivity contribution in [3.63, 3.8) is 0 Å². The standard InChI is InChI=1S/C12H17N3O2S/c1-7-10(17-8(2)14-7)12(16)15-5-3-9(4-6-15)11(13)18/h9H,3-6H2,1-2H3,(H2,13,18). The quantitative estimate of drug-likeness (QED) is 0.821. The second-order valence-corrected chi connectivity index (χ2v) is 5.09. The van der Waals surface area contributed by atoms with Gasteiger partial charge in [0.15, 0.2) is 5.89 Å². The van der Waals surface area contributed by atoms with Gasteiger partial charge in [0.25, 0.3) is 5.91 Å². The van der Waals surface area contributed by atoms with Crippen LogP contribution in [0.3, 0.4) is 0 Å². The van der Waals surface area contributed by atoms with E-state index < -0.39 is 0 Å². The summed E-state index contributed by atoms with van der Waals surface area (Å²) in [5, 5.41) is 0. The lowest BCUT2D eigenvalue weighted by molar-refractivity contribution is 0.0676. The molecule has 1 aliphatic rings. The van der Waals surface area contributed by atoms with Gasteiger partial charge in [-0.2, -0.15) is 0 Å². The van der Waals surface area contributed by atoms with E-state index in [0.29, 0.717) is 35.4 Å². The van der Waals surface area contributed by atoms with Gasteiger partial charge in [0.05, 0.1) is 10.7 Å². The topological polar surface area (TPSA) is 72.4 Å². The zero-order valence-corrected chi connectivity index (χ0v) is 11.4. The molecule has 98 valence electrons. The molecule has 6 heteroatoms. The third-order valence-electron chi connectivity index (χ3n) is 3.28. The lowest BCUT2D eigenvalue weighted by Crippen LogP contribution is -2.41. The fourth-order valence-corrected chi connectivity index (χ4v) is 2.48. The van der Waals surface area contributed by atoms with Crippen LogP contribution in [0, 0.1) is 19.8 Å². The Labute approximate surface area is 111 Å². The minimum atomic E-state index is -0.0884. The number of nitrogens with zero attached hydrogens (tertiary/aromatic N) is 2. The Kier molecular flexibility index (Phi) is 3.65. The lowest BCUT2D eigenvalue weighted by Gasteiger charge is -2.30. The number of oxazole rings is 1. The van der Waals surface area contributed by atoms with Crippen LogP contribution in [0.1, 0.15) is 35.0 Å². The molecule has 2 heterocycles. The fraction of sp³-hybridized carbons (Fsp3) is 0.583. The predicted molar refractivity (Wildman–Crippen MR) is 71.4 cm³/mol. The van der Waals surface area contributed by atoms with Gasteiger partial charge in [0.2, 0.25) is 5.76 Å². The number of rotatable bonds is 2. The Morgan fingerprint density at radius 2 is 2.06 bits per heavy atom. The summed E-state index contributed by atoms with van der Waals surface area (Å²) in [6.45, 7) is 4.86. The Balaban J connectivity index is 2.04. The highest BCUT2D eigenvalue weighted by Crippen LogP contribution is 2.20. The minimum absolute atomic E-state index is 0.0884. The maximum absolute atomic E-state index is 12.2. The molecule has 1 saturated heterocycles. The minimum Gasteiger partial charge on any atom is -0.436 e. The normalized spacial score (nSPS) is 16.9. The highest BCUT2D eigenvalue weighted by molar-refractivity contribution is 7.80. The molecule has 1 amide bonds. The highest BCUT2D eigenvalue weighted by Gasteiger charge is 2.27. The largest absolute Gasteiger partial charge is 0.436 e. The average molecular weight is 267 g/mol. The molecule has 2 N–H and O–H groups in total. The first-order chi connectivity index (χ1) is 8.49. The van der Waals surface area contributed by atoms with Gasteiger partial charge in [-0.25, -0.2) is 4.98 Å². The van der Waals surface area contributed by atoms with E-state index in [9.17, 15) is 4.79 Å². The van der Waals surface area contributed by atoms with Crippen molar-refractivity contribution in [3.05, 3.63) is 17.3 Å². The molecular weight excluding hydrogens is 250 g/mol. The lowest BCUT2D eigenvalue weighted by atomic mass is 9.97. The Morgan fingerprint density at radius 1 is 1.44 bits per heavy atom. The number of thiocarbonyl (C=S) groups is 1. The summed E-state index contributed by atoms with van der Waals surface area (Å²) in [5.74, 6) is 1.03. The summed E-state index contributed by atoms with van der Waals surface area (Å²) in [4.78, 5) is 18.7. The Hall–Kier alpha value is -1.43. The zero-order valence-electron chi connectivity index (χ0n) is 10.6. The zero-order chi connectivity index (χ0) is 13.3. The third kappa shape index (κ3) is 2.53. The van der Waals surface area contributed by atoms with Crippen molar-refractivity contribution < 1.29 is 9.21 Å². The number of carbonyl (C=O) groups excluding carboxylic acids is 1. The monoisotopic (exact) mass is 267 g/mol. The summed E-state index contributed by atoms with van der Waals surface area (Å²) in [7, 11) is 0. The first-order valence-electron chi connectivity index (χ1n) is 6.01. The van der Waals surface area contributed by atoms with Gasteiger partial charge < -0.3 is 15.1 Å². The van der Waals surface area contributed by atoms with Gasteiger partial charge in [-0.1, -0.05) is 12.2 Å². The van der Waals surface area contributed by atoms with Gasteiger partial charge in [0, 0.05) is 25.9 Å². The van der Waals surface area contributed by atoms with Crippen LogP contribution in [0.5, 0.6) is 0 Å². The molecule has 0 bridgehead atoms.